The van der Waals surface area contributed by atoms with E-state index in [1.165, 1.54) is 0 Å². The smallest absolute Gasteiger partial charge is 0.323 e. The van der Waals surface area contributed by atoms with Crippen LogP contribution in [-0.2, 0) is 19.1 Å². The molecule has 40 heavy (non-hydrogen) atoms. The third-order valence-corrected chi connectivity index (χ3v) is 9.75. The van der Waals surface area contributed by atoms with Crippen molar-refractivity contribution in [1.82, 2.24) is 0 Å². The van der Waals surface area contributed by atoms with Crippen molar-refractivity contribution in [1.29, 1.82) is 0 Å². The van der Waals surface area contributed by atoms with Crippen molar-refractivity contribution in [3.63, 3.8) is 0 Å². The molecule has 2 aliphatic carbocycles. The number of hydrogen-bond donors (Lipinski definition) is 1. The van der Waals surface area contributed by atoms with E-state index in [4.69, 9.17) is 15.2 Å². The highest BCUT2D eigenvalue weighted by Gasteiger charge is 2.40. The van der Waals surface area contributed by atoms with Crippen LogP contribution >= 0.6 is 0 Å². The Kier molecular flexibility index (Phi) is 12.0. The molecule has 0 amide bonds. The van der Waals surface area contributed by atoms with E-state index < -0.39 is 18.0 Å². The summed E-state index contributed by atoms with van der Waals surface area (Å²) in [5.41, 5.74) is 10.2. The minimum absolute atomic E-state index is 0.0268. The van der Waals surface area contributed by atoms with Crippen LogP contribution in [0.2, 0.25) is 0 Å². The fraction of sp³-hybridized carbons (Fsp3) is 0.600. The topological polar surface area (TPSA) is 78.6 Å². The van der Waals surface area contributed by atoms with Gasteiger partial charge in [-0.2, -0.15) is 0 Å². The zero-order valence-corrected chi connectivity index (χ0v) is 25.6. The number of esters is 2. The highest BCUT2D eigenvalue weighted by atomic mass is 16.5. The van der Waals surface area contributed by atoms with Gasteiger partial charge in [0.15, 0.2) is 0 Å². The van der Waals surface area contributed by atoms with E-state index in [0.717, 1.165) is 60.8 Å². The molecule has 2 aliphatic rings. The van der Waals surface area contributed by atoms with E-state index in [9.17, 15) is 9.59 Å². The second-order valence-corrected chi connectivity index (χ2v) is 12.9. The number of rotatable bonds is 14. The normalized spacial score (nSPS) is 30.8. The first-order chi connectivity index (χ1) is 18.7. The Morgan fingerprint density at radius 3 is 1.68 bits per heavy atom. The van der Waals surface area contributed by atoms with Crippen LogP contribution in [-0.4, -0.2) is 31.2 Å². The number of carbonyl (C=O) groups excluding carboxylic acids is 2. The van der Waals surface area contributed by atoms with Crippen LogP contribution in [0.25, 0.3) is 0 Å². The number of nitrogens with two attached hydrogens (primary N) is 1. The molecule has 222 valence electrons. The van der Waals surface area contributed by atoms with Gasteiger partial charge in [0, 0.05) is 6.42 Å². The molecular formula is C35H53NO4. The molecule has 0 bridgehead atoms. The van der Waals surface area contributed by atoms with Crippen molar-refractivity contribution in [3.8, 4) is 0 Å². The standard InChI is InChI=1S/C35H53NO4/c1-11-34(9)17-15-27(19-29(34)23(3)4)25(7)21-39-32(37)14-13-31(36)33(38)40-22-26(8)28-16-18-35(10,12-2)30(20-28)24(5)6/h11-12,27-31H,1-3,5,7-8,13-22,36H2,4,6,9-10H3/t27-,28-,29+,30+,31+,34-,35-/m1/s1. The first kappa shape index (κ1) is 33.5. The summed E-state index contributed by atoms with van der Waals surface area (Å²) in [6.45, 7) is 33.7. The summed E-state index contributed by atoms with van der Waals surface area (Å²) < 4.78 is 10.9. The van der Waals surface area contributed by atoms with E-state index in [1.807, 2.05) is 12.2 Å². The highest BCUT2D eigenvalue weighted by Crippen LogP contribution is 2.49. The second-order valence-electron chi connectivity index (χ2n) is 12.9. The zero-order chi connectivity index (χ0) is 30.3. The molecule has 5 heteroatoms. The van der Waals surface area contributed by atoms with Gasteiger partial charge in [-0.05, 0) is 104 Å². The molecule has 0 saturated heterocycles. The van der Waals surface area contributed by atoms with E-state index >= 15 is 0 Å². The average molecular weight is 552 g/mol. The molecule has 2 saturated carbocycles. The lowest BCUT2D eigenvalue weighted by atomic mass is 9.61. The molecule has 0 aromatic rings. The van der Waals surface area contributed by atoms with Gasteiger partial charge >= 0.3 is 11.9 Å². The molecule has 0 spiro atoms. The van der Waals surface area contributed by atoms with Crippen LogP contribution in [0.4, 0.5) is 0 Å². The molecule has 2 N–H and O–H groups in total. The maximum absolute atomic E-state index is 12.5. The maximum Gasteiger partial charge on any atom is 0.323 e. The van der Waals surface area contributed by atoms with Gasteiger partial charge in [-0.1, -0.05) is 63.5 Å². The Hall–Kier alpha value is -2.66. The van der Waals surface area contributed by atoms with Gasteiger partial charge in [0.25, 0.3) is 0 Å². The predicted molar refractivity (Wildman–Crippen MR) is 165 cm³/mol. The van der Waals surface area contributed by atoms with Crippen LogP contribution in [0, 0.1) is 34.5 Å². The Bertz CT molecular complexity index is 1020. The van der Waals surface area contributed by atoms with Gasteiger partial charge in [-0.15, -0.1) is 13.2 Å². The Morgan fingerprint density at radius 2 is 1.27 bits per heavy atom. The van der Waals surface area contributed by atoms with Crippen molar-refractivity contribution in [2.24, 2.45) is 40.2 Å². The SMILES string of the molecule is C=C[C@]1(C)CC[C@@H](C(=C)COC(=O)CC[C@H](N)C(=O)OCC(=C)[C@@H]2CC[C@@](C)(C=C)[C@H](C(=C)C)C2)C[C@H]1C(=C)C. The molecular weight excluding hydrogens is 498 g/mol. The quantitative estimate of drug-likeness (QED) is 0.177. The fourth-order valence-electron chi connectivity index (χ4n) is 6.56. The average Bonchev–Trinajstić information content (AvgIpc) is 2.92. The van der Waals surface area contributed by atoms with Crippen molar-refractivity contribution >= 4 is 11.9 Å². The van der Waals surface area contributed by atoms with Crippen LogP contribution in [0.5, 0.6) is 0 Å². The van der Waals surface area contributed by atoms with Crippen molar-refractivity contribution < 1.29 is 19.1 Å². The van der Waals surface area contributed by atoms with Crippen molar-refractivity contribution in [2.45, 2.75) is 85.1 Å². The molecule has 0 aromatic heterocycles. The lowest BCUT2D eigenvalue weighted by molar-refractivity contribution is -0.146. The van der Waals surface area contributed by atoms with E-state index in [0.29, 0.717) is 11.8 Å². The molecule has 0 aliphatic heterocycles. The summed E-state index contributed by atoms with van der Waals surface area (Å²) in [7, 11) is 0. The molecule has 2 rings (SSSR count). The number of carbonyl (C=O) groups is 2. The Morgan fingerprint density at radius 1 is 0.850 bits per heavy atom. The summed E-state index contributed by atoms with van der Waals surface area (Å²) >= 11 is 0. The largest absolute Gasteiger partial charge is 0.461 e. The van der Waals surface area contributed by atoms with E-state index in [1.54, 1.807) is 0 Å². The van der Waals surface area contributed by atoms with Gasteiger partial charge in [0.2, 0.25) is 0 Å². The minimum Gasteiger partial charge on any atom is -0.461 e. The van der Waals surface area contributed by atoms with Crippen LogP contribution in [0.15, 0.2) is 73.9 Å². The van der Waals surface area contributed by atoms with Gasteiger partial charge in [-0.3, -0.25) is 9.59 Å². The van der Waals surface area contributed by atoms with Gasteiger partial charge in [0.05, 0.1) is 0 Å². The summed E-state index contributed by atoms with van der Waals surface area (Å²) in [5.74, 6) is 0.249. The van der Waals surface area contributed by atoms with E-state index in [2.05, 4.69) is 67.2 Å². The molecule has 0 heterocycles. The molecule has 2 fully saturated rings. The number of ether oxygens (including phenoxy) is 2. The monoisotopic (exact) mass is 551 g/mol. The summed E-state index contributed by atoms with van der Waals surface area (Å²) in [6, 6.07) is -0.895. The first-order valence-electron chi connectivity index (χ1n) is 14.7. The fourth-order valence-corrected chi connectivity index (χ4v) is 6.56. The minimum atomic E-state index is -0.895. The molecule has 0 radical (unpaired) electrons. The molecule has 0 unspecified atom stereocenters. The van der Waals surface area contributed by atoms with Gasteiger partial charge < -0.3 is 15.2 Å². The molecule has 7 atom stereocenters. The predicted octanol–water partition coefficient (Wildman–Crippen LogP) is 7.66. The van der Waals surface area contributed by atoms with Crippen LogP contribution < -0.4 is 5.73 Å². The van der Waals surface area contributed by atoms with Gasteiger partial charge in [0.1, 0.15) is 19.3 Å². The molecule has 5 nitrogen and oxygen atoms in total. The van der Waals surface area contributed by atoms with Crippen LogP contribution in [0.3, 0.4) is 0 Å². The lowest BCUT2D eigenvalue weighted by Gasteiger charge is -2.43. The van der Waals surface area contributed by atoms with Gasteiger partial charge in [-0.25, -0.2) is 0 Å². The van der Waals surface area contributed by atoms with Crippen LogP contribution in [0.1, 0.15) is 79.1 Å². The lowest BCUT2D eigenvalue weighted by Crippen LogP contribution is -2.36. The number of hydrogen-bond acceptors (Lipinski definition) is 5. The second kappa shape index (κ2) is 14.3. The highest BCUT2D eigenvalue weighted by molar-refractivity contribution is 5.77. The van der Waals surface area contributed by atoms with E-state index in [-0.39, 0.29) is 48.7 Å². The van der Waals surface area contributed by atoms with Crippen molar-refractivity contribution in [2.75, 3.05) is 13.2 Å². The Balaban J connectivity index is 1.74. The number of allylic oxidation sites excluding steroid dienone is 4. The summed E-state index contributed by atoms with van der Waals surface area (Å²) in [4.78, 5) is 24.9. The molecule has 0 aromatic carbocycles. The first-order valence-corrected chi connectivity index (χ1v) is 14.7. The third kappa shape index (κ3) is 8.42. The Labute approximate surface area is 243 Å². The third-order valence-electron chi connectivity index (χ3n) is 9.75. The summed E-state index contributed by atoms with van der Waals surface area (Å²) in [6.07, 6.45) is 10.1. The summed E-state index contributed by atoms with van der Waals surface area (Å²) in [5, 5.41) is 0. The van der Waals surface area contributed by atoms with Crippen molar-refractivity contribution in [3.05, 3.63) is 73.9 Å². The maximum atomic E-state index is 12.5. The zero-order valence-electron chi connectivity index (χ0n) is 25.6.